The van der Waals surface area contributed by atoms with Crippen LogP contribution in [0.5, 0.6) is 5.75 Å². The Bertz CT molecular complexity index is 1080. The Morgan fingerprint density at radius 2 is 1.46 bits per heavy atom. The van der Waals surface area contributed by atoms with Crippen molar-refractivity contribution in [2.45, 2.75) is 64.1 Å². The third-order valence-corrected chi connectivity index (χ3v) is 6.86. The average Bonchev–Trinajstić information content (AvgIpc) is 2.85. The first-order chi connectivity index (χ1) is 17.4. The summed E-state index contributed by atoms with van der Waals surface area (Å²) in [5, 5.41) is 3.03. The van der Waals surface area contributed by atoms with E-state index in [1.807, 2.05) is 33.8 Å². The maximum atomic E-state index is 13.3. The molecule has 1 fully saturated rings. The van der Waals surface area contributed by atoms with E-state index in [2.05, 4.69) is 10.2 Å². The van der Waals surface area contributed by atoms with Crippen LogP contribution in [0.15, 0.2) is 54.6 Å². The summed E-state index contributed by atoms with van der Waals surface area (Å²) in [5.74, 6) is -0.503. The van der Waals surface area contributed by atoms with Crippen molar-refractivity contribution >= 4 is 17.8 Å². The fourth-order valence-corrected chi connectivity index (χ4v) is 5.63. The summed E-state index contributed by atoms with van der Waals surface area (Å²) >= 11 is 0. The van der Waals surface area contributed by atoms with Crippen molar-refractivity contribution in [1.82, 2.24) is 10.2 Å². The number of hydrogen-bond donors (Lipinski definition) is 1. The third-order valence-electron chi connectivity index (χ3n) is 6.86. The van der Waals surface area contributed by atoms with E-state index in [-0.39, 0.29) is 19.1 Å². The highest BCUT2D eigenvalue weighted by atomic mass is 16.5. The standard InChI is InChI=1S/C29H38N2O6/c1-7-36-26(34)29(30-24(32)21-11-9-8-10-12-21)19-27(2,3)31(28(4,5)20-29)17-18-37-25(33)22-13-15-23(35-6)16-14-22/h8-16H,7,17-20H2,1-6H3,(H,30,32). The van der Waals surface area contributed by atoms with Gasteiger partial charge in [0.1, 0.15) is 17.9 Å². The third kappa shape index (κ3) is 6.49. The summed E-state index contributed by atoms with van der Waals surface area (Å²) in [4.78, 5) is 41.3. The van der Waals surface area contributed by atoms with Crippen LogP contribution in [0.3, 0.4) is 0 Å². The van der Waals surface area contributed by atoms with Crippen LogP contribution in [0, 0.1) is 0 Å². The second-order valence-corrected chi connectivity index (χ2v) is 10.6. The minimum absolute atomic E-state index is 0.181. The van der Waals surface area contributed by atoms with E-state index in [1.165, 1.54) is 0 Å². The largest absolute Gasteiger partial charge is 0.497 e. The second-order valence-electron chi connectivity index (χ2n) is 10.6. The monoisotopic (exact) mass is 510 g/mol. The predicted molar refractivity (Wildman–Crippen MR) is 141 cm³/mol. The van der Waals surface area contributed by atoms with Crippen LogP contribution in [-0.4, -0.2) is 66.2 Å². The zero-order valence-electron chi connectivity index (χ0n) is 22.6. The number of nitrogens with zero attached hydrogens (tertiary/aromatic N) is 1. The number of rotatable bonds is 9. The highest BCUT2D eigenvalue weighted by Gasteiger charge is 2.57. The fraction of sp³-hybridized carbons (Fsp3) is 0.483. The number of methoxy groups -OCH3 is 1. The van der Waals surface area contributed by atoms with Gasteiger partial charge >= 0.3 is 11.9 Å². The minimum atomic E-state index is -1.20. The molecule has 1 heterocycles. The number of esters is 2. The highest BCUT2D eigenvalue weighted by molar-refractivity contribution is 5.98. The topological polar surface area (TPSA) is 94.2 Å². The molecular formula is C29H38N2O6. The van der Waals surface area contributed by atoms with Gasteiger partial charge in [-0.3, -0.25) is 9.69 Å². The molecule has 2 aromatic rings. The van der Waals surface area contributed by atoms with Crippen molar-refractivity contribution in [3.05, 3.63) is 65.7 Å². The number of carbonyl (C=O) groups excluding carboxylic acids is 3. The Morgan fingerprint density at radius 1 is 0.865 bits per heavy atom. The van der Waals surface area contributed by atoms with Crippen molar-refractivity contribution < 1.29 is 28.6 Å². The Labute approximate surface area is 219 Å². The summed E-state index contributed by atoms with van der Waals surface area (Å²) in [6, 6.07) is 15.6. The van der Waals surface area contributed by atoms with Crippen LogP contribution in [0.2, 0.25) is 0 Å². The van der Waals surface area contributed by atoms with Crippen LogP contribution in [0.1, 0.15) is 68.2 Å². The molecule has 0 bridgehead atoms. The van der Waals surface area contributed by atoms with E-state index >= 15 is 0 Å². The number of ether oxygens (including phenoxy) is 3. The van der Waals surface area contributed by atoms with E-state index in [4.69, 9.17) is 14.2 Å². The smallest absolute Gasteiger partial charge is 0.338 e. The fourth-order valence-electron chi connectivity index (χ4n) is 5.63. The Balaban J connectivity index is 1.76. The lowest BCUT2D eigenvalue weighted by Crippen LogP contribution is -2.72. The van der Waals surface area contributed by atoms with Gasteiger partial charge in [-0.25, -0.2) is 9.59 Å². The van der Waals surface area contributed by atoms with Crippen LogP contribution in [0.4, 0.5) is 0 Å². The molecule has 0 aromatic heterocycles. The first-order valence-electron chi connectivity index (χ1n) is 12.6. The summed E-state index contributed by atoms with van der Waals surface area (Å²) in [6.07, 6.45) is 0.681. The molecule has 1 N–H and O–H groups in total. The molecule has 1 aliphatic heterocycles. The average molecular weight is 511 g/mol. The zero-order valence-corrected chi connectivity index (χ0v) is 22.6. The van der Waals surface area contributed by atoms with Crippen LogP contribution in [0.25, 0.3) is 0 Å². The molecule has 2 aromatic carbocycles. The van der Waals surface area contributed by atoms with Gasteiger partial charge in [0.05, 0.1) is 19.3 Å². The van der Waals surface area contributed by atoms with E-state index in [9.17, 15) is 14.4 Å². The first kappa shape index (κ1) is 28.2. The van der Waals surface area contributed by atoms with E-state index in [0.717, 1.165) is 0 Å². The van der Waals surface area contributed by atoms with Crippen LogP contribution >= 0.6 is 0 Å². The van der Waals surface area contributed by atoms with Gasteiger partial charge in [-0.05, 0) is 83.9 Å². The number of piperidine rings is 1. The quantitative estimate of drug-likeness (QED) is 0.505. The van der Waals surface area contributed by atoms with Gasteiger partial charge < -0.3 is 19.5 Å². The van der Waals surface area contributed by atoms with Gasteiger partial charge in [0, 0.05) is 23.2 Å². The van der Waals surface area contributed by atoms with E-state index in [1.54, 1.807) is 62.6 Å². The predicted octanol–water partition coefficient (Wildman–Crippen LogP) is 4.24. The molecule has 0 radical (unpaired) electrons. The lowest BCUT2D eigenvalue weighted by Gasteiger charge is -2.58. The normalized spacial score (nSPS) is 17.9. The maximum Gasteiger partial charge on any atom is 0.338 e. The molecule has 1 saturated heterocycles. The second kappa shape index (κ2) is 11.3. The lowest BCUT2D eigenvalue weighted by atomic mass is 9.68. The van der Waals surface area contributed by atoms with Crippen molar-refractivity contribution in [2.75, 3.05) is 26.9 Å². The van der Waals surface area contributed by atoms with Crippen LogP contribution in [-0.2, 0) is 14.3 Å². The minimum Gasteiger partial charge on any atom is -0.497 e. The SMILES string of the molecule is CCOC(=O)C1(NC(=O)c2ccccc2)CC(C)(C)N(CCOC(=O)c2ccc(OC)cc2)C(C)(C)C1. The molecule has 3 rings (SSSR count). The van der Waals surface area contributed by atoms with Gasteiger partial charge in [0.25, 0.3) is 5.91 Å². The van der Waals surface area contributed by atoms with Crippen molar-refractivity contribution in [3.63, 3.8) is 0 Å². The molecule has 0 atom stereocenters. The van der Waals surface area contributed by atoms with Gasteiger partial charge in [0.2, 0.25) is 0 Å². The number of likely N-dealkylation sites (tertiary alicyclic amines) is 1. The zero-order chi connectivity index (χ0) is 27.3. The van der Waals surface area contributed by atoms with Crippen molar-refractivity contribution in [2.24, 2.45) is 0 Å². The molecule has 8 nitrogen and oxygen atoms in total. The van der Waals surface area contributed by atoms with Gasteiger partial charge in [-0.1, -0.05) is 18.2 Å². The summed E-state index contributed by atoms with van der Waals surface area (Å²) in [5.41, 5.74) is -1.32. The number of hydrogen-bond acceptors (Lipinski definition) is 7. The number of benzene rings is 2. The number of amides is 1. The Morgan fingerprint density at radius 3 is 2.00 bits per heavy atom. The number of nitrogens with one attached hydrogen (secondary N) is 1. The Kier molecular flexibility index (Phi) is 8.64. The molecule has 1 aliphatic rings. The first-order valence-corrected chi connectivity index (χ1v) is 12.6. The molecule has 0 aliphatic carbocycles. The van der Waals surface area contributed by atoms with Gasteiger partial charge in [0.15, 0.2) is 0 Å². The van der Waals surface area contributed by atoms with Gasteiger partial charge in [-0.2, -0.15) is 0 Å². The molecule has 0 unspecified atom stereocenters. The summed E-state index contributed by atoms with van der Waals surface area (Å²) in [6.45, 7) is 10.7. The molecule has 8 heteroatoms. The maximum absolute atomic E-state index is 13.3. The number of carbonyl (C=O) groups is 3. The van der Waals surface area contributed by atoms with Crippen molar-refractivity contribution in [3.8, 4) is 5.75 Å². The molecule has 1 amide bonds. The van der Waals surface area contributed by atoms with Gasteiger partial charge in [-0.15, -0.1) is 0 Å². The van der Waals surface area contributed by atoms with Crippen LogP contribution < -0.4 is 10.1 Å². The molecule has 37 heavy (non-hydrogen) atoms. The molecular weight excluding hydrogens is 472 g/mol. The molecule has 0 spiro atoms. The van der Waals surface area contributed by atoms with E-state index in [0.29, 0.717) is 36.3 Å². The highest BCUT2D eigenvalue weighted by Crippen LogP contribution is 2.44. The molecule has 0 saturated carbocycles. The molecule has 200 valence electrons. The van der Waals surface area contributed by atoms with Crippen molar-refractivity contribution in [1.29, 1.82) is 0 Å². The lowest BCUT2D eigenvalue weighted by molar-refractivity contribution is -0.162. The summed E-state index contributed by atoms with van der Waals surface area (Å²) in [7, 11) is 1.57. The van der Waals surface area contributed by atoms with E-state index < -0.39 is 28.6 Å². The summed E-state index contributed by atoms with van der Waals surface area (Å²) < 4.78 is 16.2. The Hall–Kier alpha value is -3.39.